The van der Waals surface area contributed by atoms with Gasteiger partial charge in [-0.3, -0.25) is 4.79 Å². The van der Waals surface area contributed by atoms with E-state index in [2.05, 4.69) is 0 Å². The van der Waals surface area contributed by atoms with Crippen molar-refractivity contribution in [3.05, 3.63) is 71.1 Å². The lowest BCUT2D eigenvalue weighted by atomic mass is 10.1. The van der Waals surface area contributed by atoms with Gasteiger partial charge in [-0.2, -0.15) is 0 Å². The highest BCUT2D eigenvalue weighted by atomic mass is 32.2. The first kappa shape index (κ1) is 15.4. The molecule has 0 fully saturated rings. The van der Waals surface area contributed by atoms with Crippen LogP contribution in [0.3, 0.4) is 0 Å². The molecule has 0 aliphatic carbocycles. The summed E-state index contributed by atoms with van der Waals surface area (Å²) in [5.74, 6) is -3.48. The maximum atomic E-state index is 13.4. The highest BCUT2D eigenvalue weighted by molar-refractivity contribution is 7.98. The number of rotatable bonds is 4. The van der Waals surface area contributed by atoms with Crippen molar-refractivity contribution in [3.8, 4) is 0 Å². The summed E-state index contributed by atoms with van der Waals surface area (Å²) < 4.78 is 39.6. The van der Waals surface area contributed by atoms with Gasteiger partial charge >= 0.3 is 0 Å². The molecule has 2 aromatic carbocycles. The van der Waals surface area contributed by atoms with Gasteiger partial charge in [-0.25, -0.2) is 13.2 Å². The molecule has 0 N–H and O–H groups in total. The van der Waals surface area contributed by atoms with Crippen molar-refractivity contribution < 1.29 is 18.0 Å². The second kappa shape index (κ2) is 6.63. The predicted molar refractivity (Wildman–Crippen MR) is 77.9 cm³/mol. The first-order valence-electron chi connectivity index (χ1n) is 6.02. The zero-order valence-corrected chi connectivity index (χ0v) is 11.9. The quantitative estimate of drug-likeness (QED) is 0.462. The summed E-state index contributed by atoms with van der Waals surface area (Å²) >= 11 is 1.54. The van der Waals surface area contributed by atoms with Gasteiger partial charge in [0.25, 0.3) is 0 Å². The van der Waals surface area contributed by atoms with E-state index in [-0.39, 0.29) is 5.78 Å². The Hall–Kier alpha value is -2.01. The minimum atomic E-state index is -1.05. The number of benzene rings is 2. The molecule has 0 atom stereocenters. The summed E-state index contributed by atoms with van der Waals surface area (Å²) in [5, 5.41) is 0. The Morgan fingerprint density at radius 1 is 1.05 bits per heavy atom. The normalized spacial score (nSPS) is 11.0. The van der Waals surface area contributed by atoms with E-state index in [4.69, 9.17) is 0 Å². The van der Waals surface area contributed by atoms with Crippen molar-refractivity contribution >= 4 is 23.6 Å². The maximum absolute atomic E-state index is 13.4. The largest absolute Gasteiger partial charge is 0.289 e. The van der Waals surface area contributed by atoms with E-state index in [0.29, 0.717) is 17.7 Å². The minimum absolute atomic E-state index is 0.384. The van der Waals surface area contributed by atoms with Gasteiger partial charge in [0.2, 0.25) is 0 Å². The van der Waals surface area contributed by atoms with Crippen molar-refractivity contribution in [2.24, 2.45) is 0 Å². The molecule has 5 heteroatoms. The van der Waals surface area contributed by atoms with E-state index in [1.165, 1.54) is 0 Å². The third-order valence-corrected chi connectivity index (χ3v) is 3.56. The number of hydrogen-bond acceptors (Lipinski definition) is 2. The number of halogens is 3. The van der Waals surface area contributed by atoms with Gasteiger partial charge in [-0.05, 0) is 42.7 Å². The molecule has 0 saturated carbocycles. The molecule has 0 bridgehead atoms. The third kappa shape index (κ3) is 3.76. The number of thioether (sulfide) groups is 1. The molecule has 1 nitrogen and oxygen atoms in total. The van der Waals surface area contributed by atoms with Crippen LogP contribution in [0.4, 0.5) is 13.2 Å². The smallest absolute Gasteiger partial charge is 0.185 e. The average Bonchev–Trinajstić information content (AvgIpc) is 2.46. The zero-order chi connectivity index (χ0) is 15.4. The van der Waals surface area contributed by atoms with Gasteiger partial charge in [0.1, 0.15) is 17.5 Å². The van der Waals surface area contributed by atoms with Crippen LogP contribution in [-0.4, -0.2) is 12.0 Å². The van der Waals surface area contributed by atoms with Crippen molar-refractivity contribution in [2.75, 3.05) is 6.26 Å². The maximum Gasteiger partial charge on any atom is 0.185 e. The Kier molecular flexibility index (Phi) is 4.85. The Balaban J connectivity index is 2.22. The van der Waals surface area contributed by atoms with Gasteiger partial charge in [-0.1, -0.05) is 0 Å². The second-order valence-electron chi connectivity index (χ2n) is 4.21. The topological polar surface area (TPSA) is 17.1 Å². The van der Waals surface area contributed by atoms with Crippen LogP contribution in [0.25, 0.3) is 6.08 Å². The molecule has 0 amide bonds. The number of allylic oxidation sites excluding steroid dienone is 1. The molecule has 21 heavy (non-hydrogen) atoms. The van der Waals surface area contributed by atoms with Crippen molar-refractivity contribution in [1.82, 2.24) is 0 Å². The highest BCUT2D eigenvalue weighted by Crippen LogP contribution is 2.18. The Labute approximate surface area is 124 Å². The van der Waals surface area contributed by atoms with Crippen LogP contribution >= 0.6 is 11.8 Å². The van der Waals surface area contributed by atoms with Gasteiger partial charge in [0, 0.05) is 28.2 Å². The molecular formula is C16H11F3OS. The fourth-order valence-electron chi connectivity index (χ4n) is 1.72. The van der Waals surface area contributed by atoms with Crippen molar-refractivity contribution in [3.63, 3.8) is 0 Å². The summed E-state index contributed by atoms with van der Waals surface area (Å²) in [6, 6.07) is 7.97. The molecular weight excluding hydrogens is 297 g/mol. The molecule has 0 radical (unpaired) electrons. The first-order valence-corrected chi connectivity index (χ1v) is 7.24. The Morgan fingerprint density at radius 2 is 1.62 bits per heavy atom. The summed E-state index contributed by atoms with van der Waals surface area (Å²) in [4.78, 5) is 12.9. The summed E-state index contributed by atoms with van der Waals surface area (Å²) in [5.41, 5.74) is -0.0301. The molecule has 2 aromatic rings. The van der Waals surface area contributed by atoms with E-state index in [1.54, 1.807) is 36.0 Å². The van der Waals surface area contributed by atoms with Crippen LogP contribution in [-0.2, 0) is 0 Å². The van der Waals surface area contributed by atoms with Crippen LogP contribution in [0.15, 0.2) is 47.4 Å². The Bertz CT molecular complexity index is 670. The van der Waals surface area contributed by atoms with E-state index < -0.39 is 23.0 Å². The second-order valence-corrected chi connectivity index (χ2v) is 5.09. The highest BCUT2D eigenvalue weighted by Gasteiger charge is 2.09. The van der Waals surface area contributed by atoms with Crippen LogP contribution in [0.5, 0.6) is 0 Å². The fraction of sp³-hybridized carbons (Fsp3) is 0.0625. The molecule has 0 aliphatic heterocycles. The molecule has 0 aliphatic rings. The van der Waals surface area contributed by atoms with Gasteiger partial charge < -0.3 is 0 Å². The number of carbonyl (C=O) groups is 1. The summed E-state index contributed by atoms with van der Waals surface area (Å²) in [6.07, 6.45) is 3.99. The SMILES string of the molecule is CSc1ccc(C(=O)C=Cc2c(F)cc(F)cc2F)cc1. The van der Waals surface area contributed by atoms with E-state index in [9.17, 15) is 18.0 Å². The van der Waals surface area contributed by atoms with E-state index in [1.807, 2.05) is 6.26 Å². The Morgan fingerprint density at radius 3 is 2.14 bits per heavy atom. The van der Waals surface area contributed by atoms with Crippen molar-refractivity contribution in [1.29, 1.82) is 0 Å². The first-order chi connectivity index (χ1) is 10.0. The molecule has 0 saturated heterocycles. The molecule has 0 heterocycles. The van der Waals surface area contributed by atoms with Crippen LogP contribution < -0.4 is 0 Å². The lowest BCUT2D eigenvalue weighted by Gasteiger charge is -2.01. The van der Waals surface area contributed by atoms with Crippen LogP contribution in [0, 0.1) is 17.5 Å². The predicted octanol–water partition coefficient (Wildman–Crippen LogP) is 4.72. The average molecular weight is 308 g/mol. The van der Waals surface area contributed by atoms with E-state index >= 15 is 0 Å². The van der Waals surface area contributed by atoms with Gasteiger partial charge in [0.15, 0.2) is 5.78 Å². The zero-order valence-electron chi connectivity index (χ0n) is 11.1. The molecule has 2 rings (SSSR count). The minimum Gasteiger partial charge on any atom is -0.289 e. The van der Waals surface area contributed by atoms with Crippen LogP contribution in [0.1, 0.15) is 15.9 Å². The monoisotopic (exact) mass is 308 g/mol. The molecule has 0 spiro atoms. The summed E-state index contributed by atoms with van der Waals surface area (Å²) in [6.45, 7) is 0. The van der Waals surface area contributed by atoms with Crippen LogP contribution in [0.2, 0.25) is 0 Å². The summed E-state index contributed by atoms with van der Waals surface area (Å²) in [7, 11) is 0. The van der Waals surface area contributed by atoms with Gasteiger partial charge in [0.05, 0.1) is 0 Å². The number of carbonyl (C=O) groups excluding carboxylic acids is 1. The standard InChI is InChI=1S/C16H11F3OS/c1-21-12-4-2-10(3-5-12)16(20)7-6-13-14(18)8-11(17)9-15(13)19/h2-9H,1H3. The molecule has 0 unspecified atom stereocenters. The third-order valence-electron chi connectivity index (χ3n) is 2.82. The number of ketones is 1. The van der Waals surface area contributed by atoms with Crippen molar-refractivity contribution in [2.45, 2.75) is 4.90 Å². The molecule has 0 aromatic heterocycles. The fourth-order valence-corrected chi connectivity index (χ4v) is 2.13. The molecule has 108 valence electrons. The number of hydrogen-bond donors (Lipinski definition) is 0. The van der Waals surface area contributed by atoms with Gasteiger partial charge in [-0.15, -0.1) is 11.8 Å². The lowest BCUT2D eigenvalue weighted by Crippen LogP contribution is -1.95. The van der Waals surface area contributed by atoms with E-state index in [0.717, 1.165) is 17.0 Å². The lowest BCUT2D eigenvalue weighted by molar-refractivity contribution is 0.104.